The summed E-state index contributed by atoms with van der Waals surface area (Å²) in [5.74, 6) is 0.200. The van der Waals surface area contributed by atoms with Crippen molar-refractivity contribution in [1.82, 2.24) is 19.8 Å². The van der Waals surface area contributed by atoms with E-state index in [1.807, 2.05) is 30.3 Å². The largest absolute Gasteiger partial charge is 0.479 e. The molecule has 33 heavy (non-hydrogen) atoms. The molecule has 1 N–H and O–H groups in total. The van der Waals surface area contributed by atoms with Crippen LogP contribution in [0, 0.1) is 0 Å². The summed E-state index contributed by atoms with van der Waals surface area (Å²) in [6.45, 7) is 0.942. The average Bonchev–Trinajstić information content (AvgIpc) is 3.41. The fourth-order valence-electron chi connectivity index (χ4n) is 4.42. The predicted molar refractivity (Wildman–Crippen MR) is 124 cm³/mol. The van der Waals surface area contributed by atoms with E-state index in [-0.39, 0.29) is 23.9 Å². The molecular weight excluding hydrogens is 442 g/mol. The second-order valence-electron chi connectivity index (χ2n) is 8.05. The topological polar surface area (TPSA) is 105 Å². The van der Waals surface area contributed by atoms with Crippen molar-refractivity contribution in [2.24, 2.45) is 0 Å². The first kappa shape index (κ1) is 21.3. The molecule has 9 nitrogen and oxygen atoms in total. The molecule has 2 aromatic heterocycles. The van der Waals surface area contributed by atoms with Gasteiger partial charge in [-0.25, -0.2) is 14.8 Å². The lowest BCUT2D eigenvalue weighted by Crippen LogP contribution is -2.49. The van der Waals surface area contributed by atoms with Gasteiger partial charge in [0.2, 0.25) is 17.7 Å². The van der Waals surface area contributed by atoms with Gasteiger partial charge in [0, 0.05) is 43.7 Å². The summed E-state index contributed by atoms with van der Waals surface area (Å²) in [7, 11) is 1.54. The first-order chi connectivity index (χ1) is 16.0. The number of urea groups is 1. The van der Waals surface area contributed by atoms with Crippen molar-refractivity contribution in [2.45, 2.75) is 31.7 Å². The Morgan fingerprint density at radius 2 is 1.82 bits per heavy atom. The van der Waals surface area contributed by atoms with E-state index in [0.29, 0.717) is 55.3 Å². The number of pyridine rings is 1. The Labute approximate surface area is 194 Å². The quantitative estimate of drug-likeness (QED) is 0.591. The number of nitrogens with zero attached hydrogens (tertiary/aromatic N) is 4. The van der Waals surface area contributed by atoms with E-state index in [9.17, 15) is 14.4 Å². The molecule has 0 saturated carbocycles. The Balaban J connectivity index is 1.32. The molecule has 4 amide bonds. The summed E-state index contributed by atoms with van der Waals surface area (Å²) >= 11 is 1.37. The second kappa shape index (κ2) is 8.78. The fraction of sp³-hybridized carbons (Fsp3) is 0.348. The van der Waals surface area contributed by atoms with E-state index in [4.69, 9.17) is 4.74 Å². The summed E-state index contributed by atoms with van der Waals surface area (Å²) in [5, 5.41) is 3.36. The number of nitrogens with one attached hydrogen (secondary N) is 1. The molecule has 5 rings (SSSR count). The number of carbonyl (C=O) groups is 3. The van der Waals surface area contributed by atoms with Gasteiger partial charge in [-0.15, -0.1) is 0 Å². The molecule has 0 aliphatic carbocycles. The van der Waals surface area contributed by atoms with E-state index >= 15 is 0 Å². The third-order valence-electron chi connectivity index (χ3n) is 6.08. The maximum atomic E-state index is 12.9. The van der Waals surface area contributed by atoms with Gasteiger partial charge in [-0.05, 0) is 18.4 Å². The number of hydrogen-bond acceptors (Lipinski definition) is 7. The number of anilines is 1. The number of ether oxygens (including phenoxy) is 1. The first-order valence-corrected chi connectivity index (χ1v) is 11.7. The van der Waals surface area contributed by atoms with Gasteiger partial charge in [0.1, 0.15) is 5.52 Å². The maximum absolute atomic E-state index is 12.9. The van der Waals surface area contributed by atoms with E-state index < -0.39 is 0 Å². The SMILES string of the molecule is COc1ncc(-c2ccccc2)c2sc(NC(=O)N3CCC(N4C(=O)CCC4=O)CC3)nc12. The van der Waals surface area contributed by atoms with Gasteiger partial charge in [-0.3, -0.25) is 19.8 Å². The summed E-state index contributed by atoms with van der Waals surface area (Å²) in [5.41, 5.74) is 2.53. The average molecular weight is 466 g/mol. The number of carbonyl (C=O) groups excluding carboxylic acids is 3. The van der Waals surface area contributed by atoms with Crippen LogP contribution < -0.4 is 10.1 Å². The molecule has 0 atom stereocenters. The monoisotopic (exact) mass is 465 g/mol. The Morgan fingerprint density at radius 1 is 1.12 bits per heavy atom. The molecule has 0 spiro atoms. The standard InChI is InChI=1S/C23H23N5O4S/c1-32-21-19-20(16(13-24-21)14-5-3-2-4-6-14)33-22(25-19)26-23(31)27-11-9-15(10-12-27)28-17(29)7-8-18(28)30/h2-6,13,15H,7-12H2,1H3,(H,25,26,31). The van der Waals surface area contributed by atoms with Crippen LogP contribution in [-0.2, 0) is 9.59 Å². The first-order valence-electron chi connectivity index (χ1n) is 10.8. The summed E-state index contributed by atoms with van der Waals surface area (Å²) in [6, 6.07) is 9.50. The minimum Gasteiger partial charge on any atom is -0.479 e. The van der Waals surface area contributed by atoms with Crippen LogP contribution in [0.4, 0.5) is 9.93 Å². The van der Waals surface area contributed by atoms with Gasteiger partial charge >= 0.3 is 6.03 Å². The zero-order chi connectivity index (χ0) is 22.9. The molecule has 10 heteroatoms. The molecule has 170 valence electrons. The third-order valence-corrected chi connectivity index (χ3v) is 7.09. The fourth-order valence-corrected chi connectivity index (χ4v) is 5.39. The van der Waals surface area contributed by atoms with Gasteiger partial charge in [0.15, 0.2) is 5.13 Å². The van der Waals surface area contributed by atoms with Crippen LogP contribution in [0.1, 0.15) is 25.7 Å². The molecular formula is C23H23N5O4S. The minimum atomic E-state index is -0.250. The molecule has 0 bridgehead atoms. The van der Waals surface area contributed by atoms with Crippen molar-refractivity contribution in [1.29, 1.82) is 0 Å². The van der Waals surface area contributed by atoms with Crippen molar-refractivity contribution in [2.75, 3.05) is 25.5 Å². The number of aromatic nitrogens is 2. The predicted octanol–water partition coefficient (Wildman–Crippen LogP) is 3.51. The zero-order valence-electron chi connectivity index (χ0n) is 18.1. The number of imide groups is 1. The Bertz CT molecular complexity index is 1200. The van der Waals surface area contributed by atoms with Crippen molar-refractivity contribution < 1.29 is 19.1 Å². The van der Waals surface area contributed by atoms with Gasteiger partial charge in [0.05, 0.1) is 11.8 Å². The van der Waals surface area contributed by atoms with Crippen LogP contribution in [0.2, 0.25) is 0 Å². The van der Waals surface area contributed by atoms with Gasteiger partial charge in [-0.1, -0.05) is 41.7 Å². The summed E-state index contributed by atoms with van der Waals surface area (Å²) in [6.07, 6.45) is 3.51. The van der Waals surface area contributed by atoms with Gasteiger partial charge in [0.25, 0.3) is 0 Å². The number of rotatable bonds is 4. The van der Waals surface area contributed by atoms with E-state index in [2.05, 4.69) is 15.3 Å². The van der Waals surface area contributed by atoms with Crippen molar-refractivity contribution in [3.8, 4) is 17.0 Å². The maximum Gasteiger partial charge on any atom is 0.323 e. The van der Waals surface area contributed by atoms with E-state index in [1.54, 1.807) is 18.2 Å². The highest BCUT2D eigenvalue weighted by atomic mass is 32.1. The highest BCUT2D eigenvalue weighted by Gasteiger charge is 2.37. The number of thiazole rings is 1. The summed E-state index contributed by atoms with van der Waals surface area (Å²) < 4.78 is 6.26. The lowest BCUT2D eigenvalue weighted by molar-refractivity contribution is -0.141. The van der Waals surface area contributed by atoms with Gasteiger partial charge in [-0.2, -0.15) is 0 Å². The van der Waals surface area contributed by atoms with Crippen LogP contribution in [0.3, 0.4) is 0 Å². The van der Waals surface area contributed by atoms with Crippen LogP contribution in [0.5, 0.6) is 5.88 Å². The number of benzene rings is 1. The van der Waals surface area contributed by atoms with Crippen molar-refractivity contribution >= 4 is 44.5 Å². The summed E-state index contributed by atoms with van der Waals surface area (Å²) in [4.78, 5) is 48.9. The highest BCUT2D eigenvalue weighted by Crippen LogP contribution is 2.38. The number of likely N-dealkylation sites (tertiary alicyclic amines) is 2. The van der Waals surface area contributed by atoms with Crippen molar-refractivity contribution in [3.63, 3.8) is 0 Å². The molecule has 2 saturated heterocycles. The smallest absolute Gasteiger partial charge is 0.323 e. The van der Waals surface area contributed by atoms with E-state index in [1.165, 1.54) is 16.2 Å². The van der Waals surface area contributed by atoms with Gasteiger partial charge < -0.3 is 9.64 Å². The molecule has 1 aromatic carbocycles. The van der Waals surface area contributed by atoms with Crippen LogP contribution in [0.25, 0.3) is 21.3 Å². The highest BCUT2D eigenvalue weighted by molar-refractivity contribution is 7.23. The molecule has 2 aliphatic heterocycles. The number of methoxy groups -OCH3 is 1. The Hall–Kier alpha value is -3.53. The number of amides is 4. The van der Waals surface area contributed by atoms with Crippen LogP contribution in [-0.4, -0.2) is 63.9 Å². The molecule has 0 unspecified atom stereocenters. The number of piperidine rings is 1. The Morgan fingerprint density at radius 3 is 2.48 bits per heavy atom. The number of fused-ring (bicyclic) bond motifs is 1. The lowest BCUT2D eigenvalue weighted by atomic mass is 10.0. The lowest BCUT2D eigenvalue weighted by Gasteiger charge is -2.35. The van der Waals surface area contributed by atoms with Crippen LogP contribution in [0.15, 0.2) is 36.5 Å². The minimum absolute atomic E-state index is 0.103. The molecule has 2 aliphatic rings. The third kappa shape index (κ3) is 4.02. The number of hydrogen-bond donors (Lipinski definition) is 1. The van der Waals surface area contributed by atoms with Crippen molar-refractivity contribution in [3.05, 3.63) is 36.5 Å². The molecule has 0 radical (unpaired) electrons. The van der Waals surface area contributed by atoms with Crippen LogP contribution >= 0.6 is 11.3 Å². The Kier molecular flexibility index (Phi) is 5.67. The molecule has 4 heterocycles. The normalized spacial score (nSPS) is 17.1. The van der Waals surface area contributed by atoms with E-state index in [0.717, 1.165) is 15.8 Å². The molecule has 3 aromatic rings. The zero-order valence-corrected chi connectivity index (χ0v) is 18.9. The second-order valence-corrected chi connectivity index (χ2v) is 9.05. The molecule has 2 fully saturated rings.